The van der Waals surface area contributed by atoms with Gasteiger partial charge in [-0.2, -0.15) is 4.31 Å². The zero-order valence-corrected chi connectivity index (χ0v) is 22.1. The molecule has 0 bridgehead atoms. The fourth-order valence-electron chi connectivity index (χ4n) is 3.94. The van der Waals surface area contributed by atoms with Crippen molar-refractivity contribution in [1.29, 1.82) is 0 Å². The first-order valence-electron chi connectivity index (χ1n) is 10.9. The summed E-state index contributed by atoms with van der Waals surface area (Å²) in [6.07, 6.45) is 0.908. The number of benzene rings is 2. The summed E-state index contributed by atoms with van der Waals surface area (Å²) < 4.78 is 28.4. The molecular weight excluding hydrogens is 515 g/mol. The first-order chi connectivity index (χ1) is 16.2. The van der Waals surface area contributed by atoms with Crippen LogP contribution in [0, 0.1) is 5.92 Å². The van der Waals surface area contributed by atoms with Gasteiger partial charge >= 0.3 is 0 Å². The number of piperidine rings is 1. The zero-order chi connectivity index (χ0) is 24.5. The van der Waals surface area contributed by atoms with Gasteiger partial charge in [0.25, 0.3) is 0 Å². The van der Waals surface area contributed by atoms with E-state index in [1.165, 1.54) is 27.8 Å². The molecule has 0 spiro atoms. The monoisotopic (exact) mass is 540 g/mol. The third-order valence-electron chi connectivity index (χ3n) is 5.88. The van der Waals surface area contributed by atoms with E-state index in [9.17, 15) is 13.2 Å². The Morgan fingerprint density at radius 2 is 1.76 bits per heavy atom. The number of anilines is 1. The number of rotatable bonds is 7. The average molecular weight is 542 g/mol. The second-order valence-corrected chi connectivity index (χ2v) is 12.3. The summed E-state index contributed by atoms with van der Waals surface area (Å²) in [5.74, 6) is -0.304. The van der Waals surface area contributed by atoms with Crippen molar-refractivity contribution in [1.82, 2.24) is 14.2 Å². The lowest BCUT2D eigenvalue weighted by Gasteiger charge is -2.33. The predicted octanol–water partition coefficient (Wildman–Crippen LogP) is 4.60. The van der Waals surface area contributed by atoms with Crippen LogP contribution >= 0.6 is 34.5 Å². The molecule has 3 aromatic rings. The Morgan fingerprint density at radius 3 is 2.38 bits per heavy atom. The van der Waals surface area contributed by atoms with Crippen molar-refractivity contribution in [2.45, 2.75) is 17.7 Å². The lowest BCUT2D eigenvalue weighted by molar-refractivity contribution is -0.123. The zero-order valence-electron chi connectivity index (χ0n) is 18.9. The molecule has 34 heavy (non-hydrogen) atoms. The molecule has 182 valence electrons. The number of fused-ring (bicyclic) bond motifs is 1. The topological polar surface area (TPSA) is 73.8 Å². The SMILES string of the molecule is CN(C)CCN(C(=O)C1CCN(S(=O)(=O)c2ccc(Cl)cc2)CC1)c1nc2c(Cl)cccc2s1. The molecule has 11 heteroatoms. The molecular formula is C23H26Cl2N4O3S2. The highest BCUT2D eigenvalue weighted by atomic mass is 35.5. The minimum absolute atomic E-state index is 0.0273. The van der Waals surface area contributed by atoms with Crippen LogP contribution in [0.5, 0.6) is 0 Å². The van der Waals surface area contributed by atoms with Crippen LogP contribution in [-0.2, 0) is 14.8 Å². The third kappa shape index (κ3) is 5.40. The summed E-state index contributed by atoms with van der Waals surface area (Å²) >= 11 is 13.6. The van der Waals surface area contributed by atoms with Gasteiger partial charge in [0.1, 0.15) is 5.52 Å². The molecule has 0 unspecified atom stereocenters. The quantitative estimate of drug-likeness (QED) is 0.437. The van der Waals surface area contributed by atoms with Crippen molar-refractivity contribution in [2.24, 2.45) is 5.92 Å². The maximum Gasteiger partial charge on any atom is 0.243 e. The minimum Gasteiger partial charge on any atom is -0.308 e. The lowest BCUT2D eigenvalue weighted by atomic mass is 9.96. The smallest absolute Gasteiger partial charge is 0.243 e. The number of nitrogens with zero attached hydrogens (tertiary/aromatic N) is 4. The molecule has 0 aliphatic carbocycles. The lowest BCUT2D eigenvalue weighted by Crippen LogP contribution is -2.46. The number of thiazole rings is 1. The van der Waals surface area contributed by atoms with Gasteiger partial charge in [0, 0.05) is 37.1 Å². The highest BCUT2D eigenvalue weighted by Crippen LogP contribution is 2.34. The number of halogens is 2. The van der Waals surface area contributed by atoms with Crippen molar-refractivity contribution in [3.63, 3.8) is 0 Å². The second kappa shape index (κ2) is 10.5. The number of amides is 1. The van der Waals surface area contributed by atoms with E-state index in [0.717, 1.165) is 4.70 Å². The van der Waals surface area contributed by atoms with Crippen LogP contribution in [0.15, 0.2) is 47.4 Å². The summed E-state index contributed by atoms with van der Waals surface area (Å²) in [4.78, 5) is 22.2. The van der Waals surface area contributed by atoms with Gasteiger partial charge in [-0.25, -0.2) is 13.4 Å². The molecule has 1 saturated heterocycles. The van der Waals surface area contributed by atoms with Crippen LogP contribution in [0.2, 0.25) is 10.0 Å². The van der Waals surface area contributed by atoms with Gasteiger partial charge in [-0.05, 0) is 63.3 Å². The molecule has 0 saturated carbocycles. The predicted molar refractivity (Wildman–Crippen MR) is 138 cm³/mol. The van der Waals surface area contributed by atoms with E-state index in [2.05, 4.69) is 4.98 Å². The largest absolute Gasteiger partial charge is 0.308 e. The van der Waals surface area contributed by atoms with Gasteiger partial charge in [-0.3, -0.25) is 9.69 Å². The van der Waals surface area contributed by atoms with Crippen molar-refractivity contribution in [3.05, 3.63) is 52.5 Å². The molecule has 2 aromatic carbocycles. The van der Waals surface area contributed by atoms with Crippen molar-refractivity contribution in [3.8, 4) is 0 Å². The fourth-order valence-corrected chi connectivity index (χ4v) is 6.83. The van der Waals surface area contributed by atoms with E-state index in [0.29, 0.717) is 46.6 Å². The maximum absolute atomic E-state index is 13.6. The van der Waals surface area contributed by atoms with E-state index < -0.39 is 10.0 Å². The van der Waals surface area contributed by atoms with Crippen LogP contribution < -0.4 is 4.90 Å². The number of aromatic nitrogens is 1. The molecule has 1 amide bonds. The number of sulfonamides is 1. The van der Waals surface area contributed by atoms with Crippen LogP contribution in [0.3, 0.4) is 0 Å². The van der Waals surface area contributed by atoms with E-state index in [-0.39, 0.29) is 29.8 Å². The first kappa shape index (κ1) is 25.3. The van der Waals surface area contributed by atoms with E-state index in [1.807, 2.05) is 31.1 Å². The van der Waals surface area contributed by atoms with Gasteiger partial charge in [0.15, 0.2) is 5.13 Å². The van der Waals surface area contributed by atoms with Gasteiger partial charge in [0.2, 0.25) is 15.9 Å². The molecule has 1 fully saturated rings. The van der Waals surface area contributed by atoms with Gasteiger partial charge in [0.05, 0.1) is 14.6 Å². The molecule has 1 aromatic heterocycles. The molecule has 1 aliphatic heterocycles. The first-order valence-corrected chi connectivity index (χ1v) is 13.9. The molecule has 1 aliphatic rings. The average Bonchev–Trinajstić information content (AvgIpc) is 3.24. The minimum atomic E-state index is -3.63. The Morgan fingerprint density at radius 1 is 1.09 bits per heavy atom. The normalized spacial score (nSPS) is 15.8. The Hall–Kier alpha value is -1.75. The standard InChI is InChI=1S/C23H26Cl2N4O3S2/c1-27(2)14-15-29(23-26-21-19(25)4-3-5-20(21)33-23)22(30)16-10-12-28(13-11-16)34(31,32)18-8-6-17(24)7-9-18/h3-9,16H,10-15H2,1-2H3. The highest BCUT2D eigenvalue weighted by Gasteiger charge is 2.35. The van der Waals surface area contributed by atoms with E-state index >= 15 is 0 Å². The van der Waals surface area contributed by atoms with E-state index in [1.54, 1.807) is 23.1 Å². The molecule has 7 nitrogen and oxygen atoms in total. The Labute approximate surface area is 213 Å². The highest BCUT2D eigenvalue weighted by molar-refractivity contribution is 7.89. The Balaban J connectivity index is 1.51. The van der Waals surface area contributed by atoms with Crippen molar-refractivity contribution < 1.29 is 13.2 Å². The number of para-hydroxylation sites is 1. The van der Waals surface area contributed by atoms with E-state index in [4.69, 9.17) is 23.2 Å². The summed E-state index contributed by atoms with van der Waals surface area (Å²) in [7, 11) is 0.287. The van der Waals surface area contributed by atoms with Crippen molar-refractivity contribution >= 4 is 65.8 Å². The number of hydrogen-bond donors (Lipinski definition) is 0. The number of carbonyl (C=O) groups excluding carboxylic acids is 1. The number of hydrogen-bond acceptors (Lipinski definition) is 6. The molecule has 0 radical (unpaired) electrons. The van der Waals surface area contributed by atoms with Crippen molar-refractivity contribution in [2.75, 3.05) is 45.2 Å². The second-order valence-electron chi connectivity index (χ2n) is 8.51. The molecule has 2 heterocycles. The van der Waals surface area contributed by atoms with Crippen LogP contribution in [0.25, 0.3) is 10.2 Å². The maximum atomic E-state index is 13.6. The number of carbonyl (C=O) groups is 1. The molecule has 0 atom stereocenters. The molecule has 0 N–H and O–H groups in total. The Kier molecular flexibility index (Phi) is 7.81. The van der Waals surface area contributed by atoms with Gasteiger partial charge < -0.3 is 4.90 Å². The fraction of sp³-hybridized carbons (Fsp3) is 0.391. The van der Waals surface area contributed by atoms with Gasteiger partial charge in [-0.15, -0.1) is 0 Å². The van der Waals surface area contributed by atoms with Gasteiger partial charge in [-0.1, -0.05) is 40.6 Å². The third-order valence-corrected chi connectivity index (χ3v) is 9.39. The van der Waals surface area contributed by atoms with Crippen LogP contribution in [0.4, 0.5) is 5.13 Å². The molecule has 4 rings (SSSR count). The Bertz CT molecular complexity index is 1270. The summed E-state index contributed by atoms with van der Waals surface area (Å²) in [6.45, 7) is 1.74. The number of likely N-dealkylation sites (N-methyl/N-ethyl adjacent to an activating group) is 1. The summed E-state index contributed by atoms with van der Waals surface area (Å²) in [5, 5.41) is 1.66. The van der Waals surface area contributed by atoms with Crippen LogP contribution in [0.1, 0.15) is 12.8 Å². The van der Waals surface area contributed by atoms with Crippen LogP contribution in [-0.4, -0.2) is 68.8 Å². The summed E-state index contributed by atoms with van der Waals surface area (Å²) in [5.41, 5.74) is 0.690. The summed E-state index contributed by atoms with van der Waals surface area (Å²) in [6, 6.07) is 11.8.